The van der Waals surface area contributed by atoms with Crippen LogP contribution in [0.3, 0.4) is 0 Å². The third-order valence-electron chi connectivity index (χ3n) is 6.92. The molecule has 0 spiro atoms. The average Bonchev–Trinajstić information content (AvgIpc) is 3.46. The Morgan fingerprint density at radius 3 is 2.48 bits per heavy atom. The van der Waals surface area contributed by atoms with Crippen molar-refractivity contribution in [2.24, 2.45) is 0 Å². The van der Waals surface area contributed by atoms with Crippen LogP contribution in [0.15, 0.2) is 17.1 Å². The summed E-state index contributed by atoms with van der Waals surface area (Å²) in [6, 6.07) is 1.34. The van der Waals surface area contributed by atoms with Gasteiger partial charge in [-0.15, -0.1) is 0 Å². The van der Waals surface area contributed by atoms with Gasteiger partial charge in [0, 0.05) is 49.9 Å². The Kier molecular flexibility index (Phi) is 5.22. The van der Waals surface area contributed by atoms with Crippen LogP contribution in [0.5, 0.6) is 5.75 Å². The van der Waals surface area contributed by atoms with E-state index in [0.717, 1.165) is 51.9 Å². The summed E-state index contributed by atoms with van der Waals surface area (Å²) in [6.45, 7) is 3.79. The lowest BCUT2D eigenvalue weighted by Gasteiger charge is -2.39. The summed E-state index contributed by atoms with van der Waals surface area (Å²) in [7, 11) is 1.51. The second-order valence-corrected chi connectivity index (χ2v) is 8.93. The molecule has 1 atom stereocenters. The molecule has 0 radical (unpaired) electrons. The largest absolute Gasteiger partial charge is 0.494 e. The molecule has 5 rings (SSSR count). The zero-order valence-electron chi connectivity index (χ0n) is 17.8. The van der Waals surface area contributed by atoms with E-state index < -0.39 is 17.2 Å². The number of methoxy groups -OCH3 is 1. The van der Waals surface area contributed by atoms with Gasteiger partial charge in [0.2, 0.25) is 5.43 Å². The summed E-state index contributed by atoms with van der Waals surface area (Å²) in [6.07, 6.45) is 7.41. The van der Waals surface area contributed by atoms with Crippen molar-refractivity contribution < 1.29 is 19.0 Å². The van der Waals surface area contributed by atoms with E-state index in [2.05, 4.69) is 10.0 Å². The van der Waals surface area contributed by atoms with Crippen LogP contribution < -0.4 is 10.2 Å². The first kappa shape index (κ1) is 20.5. The number of fused-ring (bicyclic) bond motifs is 1. The number of piperidine rings is 1. The van der Waals surface area contributed by atoms with Crippen LogP contribution in [-0.4, -0.2) is 58.9 Å². The van der Waals surface area contributed by atoms with Crippen molar-refractivity contribution in [3.05, 3.63) is 39.4 Å². The summed E-state index contributed by atoms with van der Waals surface area (Å²) in [5.41, 5.74) is 0.0439. The zero-order valence-corrected chi connectivity index (χ0v) is 17.8. The van der Waals surface area contributed by atoms with Gasteiger partial charge in [-0.1, -0.05) is 0 Å². The van der Waals surface area contributed by atoms with Crippen LogP contribution in [0.2, 0.25) is 0 Å². The SMILES string of the molecule is COc1c(C2CCCN(N3CCCC3)C2)c(F)cc2c(=O)c(C(=O)O)cn(C3CC3)c12. The van der Waals surface area contributed by atoms with Gasteiger partial charge in [0.25, 0.3) is 0 Å². The highest BCUT2D eigenvalue weighted by atomic mass is 19.1. The number of hydrogen-bond acceptors (Lipinski definition) is 5. The fraction of sp³-hybridized carbons (Fsp3) is 0.565. The van der Waals surface area contributed by atoms with Crippen molar-refractivity contribution in [3.8, 4) is 5.75 Å². The minimum Gasteiger partial charge on any atom is -0.494 e. The fourth-order valence-corrected chi connectivity index (χ4v) is 5.28. The fourth-order valence-electron chi connectivity index (χ4n) is 5.28. The van der Waals surface area contributed by atoms with Crippen LogP contribution in [0.25, 0.3) is 10.9 Å². The summed E-state index contributed by atoms with van der Waals surface area (Å²) < 4.78 is 23.1. The maximum absolute atomic E-state index is 15.5. The Hall–Kier alpha value is -2.45. The summed E-state index contributed by atoms with van der Waals surface area (Å²) >= 11 is 0. The number of halogens is 1. The van der Waals surface area contributed by atoms with Crippen molar-refractivity contribution in [2.45, 2.75) is 50.5 Å². The van der Waals surface area contributed by atoms with Gasteiger partial charge in [-0.25, -0.2) is 19.2 Å². The molecule has 2 saturated heterocycles. The van der Waals surface area contributed by atoms with Gasteiger partial charge in [0.1, 0.15) is 17.1 Å². The molecule has 3 aliphatic rings. The number of hydrazine groups is 1. The predicted molar refractivity (Wildman–Crippen MR) is 114 cm³/mol. The smallest absolute Gasteiger partial charge is 0.341 e. The predicted octanol–water partition coefficient (Wildman–Crippen LogP) is 3.37. The third-order valence-corrected chi connectivity index (χ3v) is 6.92. The van der Waals surface area contributed by atoms with Crippen LogP contribution in [0, 0.1) is 5.82 Å². The van der Waals surface area contributed by atoms with Gasteiger partial charge in [-0.05, 0) is 44.6 Å². The van der Waals surface area contributed by atoms with E-state index in [1.54, 1.807) is 0 Å². The maximum Gasteiger partial charge on any atom is 0.341 e. The van der Waals surface area contributed by atoms with Gasteiger partial charge in [0.15, 0.2) is 0 Å². The molecule has 3 fully saturated rings. The number of nitrogens with zero attached hydrogens (tertiary/aromatic N) is 3. The first-order chi connectivity index (χ1) is 15.0. The van der Waals surface area contributed by atoms with Gasteiger partial charge in [-0.2, -0.15) is 0 Å². The summed E-state index contributed by atoms with van der Waals surface area (Å²) in [5.74, 6) is -1.45. The minimum absolute atomic E-state index is 0.0457. The van der Waals surface area contributed by atoms with Crippen molar-refractivity contribution in [1.29, 1.82) is 0 Å². The second-order valence-electron chi connectivity index (χ2n) is 8.93. The van der Waals surface area contributed by atoms with Gasteiger partial charge < -0.3 is 14.4 Å². The molecule has 0 amide bonds. The number of carboxylic acid groups (broad SMARTS) is 1. The van der Waals surface area contributed by atoms with Crippen LogP contribution in [0.1, 0.15) is 66.4 Å². The van der Waals surface area contributed by atoms with E-state index >= 15 is 4.39 Å². The Balaban J connectivity index is 1.66. The van der Waals surface area contributed by atoms with E-state index in [9.17, 15) is 14.7 Å². The Labute approximate surface area is 180 Å². The molecule has 1 aromatic carbocycles. The Bertz CT molecular complexity index is 1090. The van der Waals surface area contributed by atoms with Crippen molar-refractivity contribution in [1.82, 2.24) is 14.6 Å². The zero-order chi connectivity index (χ0) is 21.7. The molecular weight excluding hydrogens is 401 g/mol. The molecule has 2 aromatic rings. The lowest BCUT2D eigenvalue weighted by atomic mass is 9.88. The maximum atomic E-state index is 15.5. The monoisotopic (exact) mass is 429 g/mol. The molecule has 1 unspecified atom stereocenters. The highest BCUT2D eigenvalue weighted by molar-refractivity contribution is 5.95. The average molecular weight is 429 g/mol. The molecule has 166 valence electrons. The standard InChI is InChI=1S/C23H28FN3O4/c1-31-22-19(14-5-4-10-26(12-14)25-8-2-3-9-25)18(24)11-16-20(22)27(15-6-7-15)13-17(21(16)28)23(29)30/h11,13-15H,2-10,12H2,1H3,(H,29,30). The second kappa shape index (κ2) is 7.91. The molecule has 1 aromatic heterocycles. The highest BCUT2D eigenvalue weighted by Gasteiger charge is 2.34. The molecule has 1 saturated carbocycles. The van der Waals surface area contributed by atoms with Crippen LogP contribution >= 0.6 is 0 Å². The van der Waals surface area contributed by atoms with Crippen molar-refractivity contribution in [2.75, 3.05) is 33.3 Å². The quantitative estimate of drug-likeness (QED) is 0.786. The molecule has 3 heterocycles. The minimum atomic E-state index is -1.29. The summed E-state index contributed by atoms with van der Waals surface area (Å²) in [4.78, 5) is 24.5. The topological polar surface area (TPSA) is 75.0 Å². The van der Waals surface area contributed by atoms with E-state index in [4.69, 9.17) is 4.74 Å². The number of carboxylic acids is 1. The number of hydrogen-bond donors (Lipinski definition) is 1. The number of ether oxygens (including phenoxy) is 1. The lowest BCUT2D eigenvalue weighted by Crippen LogP contribution is -2.46. The molecule has 1 N–H and O–H groups in total. The van der Waals surface area contributed by atoms with Gasteiger partial charge in [-0.3, -0.25) is 4.79 Å². The molecular formula is C23H28FN3O4. The molecule has 1 aliphatic carbocycles. The first-order valence-electron chi connectivity index (χ1n) is 11.2. The molecule has 7 nitrogen and oxygen atoms in total. The molecule has 31 heavy (non-hydrogen) atoms. The van der Waals surface area contributed by atoms with Gasteiger partial charge >= 0.3 is 5.97 Å². The molecule has 8 heteroatoms. The number of aromatic carboxylic acids is 1. The highest BCUT2D eigenvalue weighted by Crippen LogP contribution is 2.44. The normalized spacial score (nSPS) is 22.8. The first-order valence-corrected chi connectivity index (χ1v) is 11.2. The third kappa shape index (κ3) is 3.51. The number of carbonyl (C=O) groups is 1. The van der Waals surface area contributed by atoms with E-state index in [0.29, 0.717) is 16.8 Å². The van der Waals surface area contributed by atoms with Gasteiger partial charge in [0.05, 0.1) is 18.0 Å². The number of rotatable bonds is 5. The molecule has 0 bridgehead atoms. The number of aromatic nitrogens is 1. The van der Waals surface area contributed by atoms with E-state index in [1.807, 2.05) is 4.57 Å². The Morgan fingerprint density at radius 2 is 1.84 bits per heavy atom. The van der Waals surface area contributed by atoms with Crippen LogP contribution in [0.4, 0.5) is 4.39 Å². The van der Waals surface area contributed by atoms with E-state index in [-0.39, 0.29) is 22.9 Å². The summed E-state index contributed by atoms with van der Waals surface area (Å²) in [5, 5.41) is 14.3. The van der Waals surface area contributed by atoms with Crippen molar-refractivity contribution in [3.63, 3.8) is 0 Å². The van der Waals surface area contributed by atoms with Crippen molar-refractivity contribution >= 4 is 16.9 Å². The number of benzene rings is 1. The van der Waals surface area contributed by atoms with Crippen LogP contribution in [-0.2, 0) is 0 Å². The van der Waals surface area contributed by atoms with E-state index in [1.165, 1.54) is 32.2 Å². The lowest BCUT2D eigenvalue weighted by molar-refractivity contribution is -0.0261. The number of pyridine rings is 1. The Morgan fingerprint density at radius 1 is 1.13 bits per heavy atom. The molecule has 2 aliphatic heterocycles.